The molecule has 1 aliphatic heterocycles. The van der Waals surface area contributed by atoms with Gasteiger partial charge in [-0.1, -0.05) is 25.1 Å². The molecule has 1 atom stereocenters. The summed E-state index contributed by atoms with van der Waals surface area (Å²) < 4.78 is 12.7. The van der Waals surface area contributed by atoms with E-state index in [9.17, 15) is 4.79 Å². The van der Waals surface area contributed by atoms with Crippen LogP contribution in [0.3, 0.4) is 0 Å². The summed E-state index contributed by atoms with van der Waals surface area (Å²) in [4.78, 5) is 30.0. The van der Waals surface area contributed by atoms with E-state index in [1.54, 1.807) is 29.5 Å². The number of Topliss-reactive ketones (excluding diaryl/α,β-unsaturated/α-hetero) is 1. The van der Waals surface area contributed by atoms with Gasteiger partial charge in [0.25, 0.3) is 5.89 Å². The quantitative estimate of drug-likeness (QED) is 0.349. The van der Waals surface area contributed by atoms with Gasteiger partial charge in [-0.25, -0.2) is 9.97 Å². The summed E-state index contributed by atoms with van der Waals surface area (Å²) in [6, 6.07) is 3.93. The van der Waals surface area contributed by atoms with Crippen molar-refractivity contribution in [1.29, 1.82) is 0 Å². The van der Waals surface area contributed by atoms with Gasteiger partial charge in [-0.3, -0.25) is 14.5 Å². The van der Waals surface area contributed by atoms with Crippen LogP contribution in [0.15, 0.2) is 47.6 Å². The fraction of sp³-hybridized carbons (Fsp3) is 0.444. The number of ether oxygens (including phenoxy) is 1. The molecule has 0 amide bonds. The predicted molar refractivity (Wildman–Crippen MR) is 140 cm³/mol. The Morgan fingerprint density at radius 2 is 1.87 bits per heavy atom. The number of hydrogen-bond acceptors (Lipinski definition) is 10. The van der Waals surface area contributed by atoms with Crippen LogP contribution < -0.4 is 5.73 Å². The molecule has 4 aromatic heterocycles. The van der Waals surface area contributed by atoms with Crippen molar-refractivity contribution in [2.45, 2.75) is 52.0 Å². The second-order valence-corrected chi connectivity index (χ2v) is 10.3. The first-order valence-electron chi connectivity index (χ1n) is 12.8. The van der Waals surface area contributed by atoms with Gasteiger partial charge < -0.3 is 15.0 Å². The molecule has 5 heterocycles. The number of aromatic nitrogens is 7. The van der Waals surface area contributed by atoms with Crippen LogP contribution in [-0.2, 0) is 21.5 Å². The second kappa shape index (κ2) is 10.8. The van der Waals surface area contributed by atoms with Gasteiger partial charge in [-0.15, -0.1) is 0 Å². The first kappa shape index (κ1) is 25.7. The minimum Gasteiger partial charge on any atom is -0.381 e. The summed E-state index contributed by atoms with van der Waals surface area (Å²) in [6.45, 7) is 7.99. The zero-order chi connectivity index (χ0) is 26.7. The zero-order valence-corrected chi connectivity index (χ0v) is 21.9. The number of carbonyl (C=O) groups excluding carboxylic acids is 1. The Morgan fingerprint density at radius 1 is 1.11 bits per heavy atom. The number of nitrogens with two attached hydrogens (primary N) is 1. The van der Waals surface area contributed by atoms with E-state index >= 15 is 0 Å². The predicted octanol–water partition coefficient (Wildman–Crippen LogP) is 3.72. The Bertz CT molecular complexity index is 1370. The van der Waals surface area contributed by atoms with Crippen LogP contribution in [0.1, 0.15) is 51.4 Å². The van der Waals surface area contributed by atoms with Gasteiger partial charge in [-0.2, -0.15) is 10.1 Å². The zero-order valence-electron chi connectivity index (χ0n) is 21.9. The molecule has 11 nitrogen and oxygen atoms in total. The van der Waals surface area contributed by atoms with Crippen molar-refractivity contribution in [3.05, 3.63) is 54.5 Å². The molecule has 0 aliphatic carbocycles. The van der Waals surface area contributed by atoms with Gasteiger partial charge >= 0.3 is 0 Å². The molecule has 0 unspecified atom stereocenters. The average molecular weight is 517 g/mol. The number of hydrogen-bond donors (Lipinski definition) is 1. The molecule has 198 valence electrons. The highest BCUT2D eigenvalue weighted by molar-refractivity contribution is 5.78. The standard InChI is InChI=1S/C27H32N8O3/c1-17(2)27(3,21-4-5-23(29-14-21)19-11-30-26(28)31-12-19)25-33-24(38-34-25)20-13-32-35(15-20)16-22(36)10-18-6-8-37-9-7-18/h4-5,11-15,17-18H,6-10,16H2,1-3H3,(H2,28,30,31)/t27-/m1/s1. The fourth-order valence-electron chi connectivity index (χ4n) is 4.69. The summed E-state index contributed by atoms with van der Waals surface area (Å²) in [5, 5.41) is 8.69. The smallest absolute Gasteiger partial charge is 0.261 e. The first-order valence-corrected chi connectivity index (χ1v) is 12.8. The lowest BCUT2D eigenvalue weighted by Gasteiger charge is -2.30. The summed E-state index contributed by atoms with van der Waals surface area (Å²) in [7, 11) is 0. The Balaban J connectivity index is 1.32. The molecule has 0 radical (unpaired) electrons. The van der Waals surface area contributed by atoms with E-state index in [0.717, 1.165) is 42.9 Å². The number of nitrogens with zero attached hydrogens (tertiary/aromatic N) is 7. The Hall–Kier alpha value is -3.99. The maximum Gasteiger partial charge on any atom is 0.261 e. The third kappa shape index (κ3) is 5.33. The van der Waals surface area contributed by atoms with Gasteiger partial charge in [-0.05, 0) is 43.2 Å². The van der Waals surface area contributed by atoms with Crippen molar-refractivity contribution in [1.82, 2.24) is 34.9 Å². The van der Waals surface area contributed by atoms with Crippen molar-refractivity contribution >= 4 is 11.7 Å². The molecule has 0 saturated carbocycles. The molecule has 38 heavy (non-hydrogen) atoms. The number of pyridine rings is 1. The van der Waals surface area contributed by atoms with Crippen molar-refractivity contribution in [3.63, 3.8) is 0 Å². The maximum absolute atomic E-state index is 12.6. The highest BCUT2D eigenvalue weighted by Gasteiger charge is 2.38. The SMILES string of the molecule is CC(C)[C@](C)(c1ccc(-c2cnc(N)nc2)nc1)c1noc(-c2cnn(CC(=O)CC3CCOCC3)c2)n1. The van der Waals surface area contributed by atoms with Crippen molar-refractivity contribution in [3.8, 4) is 22.7 Å². The highest BCUT2D eigenvalue weighted by Crippen LogP contribution is 2.38. The lowest BCUT2D eigenvalue weighted by Crippen LogP contribution is -2.31. The topological polar surface area (TPSA) is 148 Å². The van der Waals surface area contributed by atoms with E-state index in [-0.39, 0.29) is 24.2 Å². The summed E-state index contributed by atoms with van der Waals surface area (Å²) >= 11 is 0. The Labute approximate surface area is 220 Å². The molecular weight excluding hydrogens is 484 g/mol. The molecule has 0 aromatic carbocycles. The second-order valence-electron chi connectivity index (χ2n) is 10.3. The molecule has 1 fully saturated rings. The molecule has 1 aliphatic rings. The fourth-order valence-corrected chi connectivity index (χ4v) is 4.69. The molecule has 5 rings (SSSR count). The van der Waals surface area contributed by atoms with E-state index < -0.39 is 5.41 Å². The van der Waals surface area contributed by atoms with Crippen LogP contribution in [0.5, 0.6) is 0 Å². The first-order chi connectivity index (χ1) is 18.3. The molecule has 4 aromatic rings. The third-order valence-corrected chi connectivity index (χ3v) is 7.45. The number of ketones is 1. The van der Waals surface area contributed by atoms with Crippen LogP contribution in [0, 0.1) is 11.8 Å². The lowest BCUT2D eigenvalue weighted by atomic mass is 9.73. The maximum atomic E-state index is 12.6. The number of anilines is 1. The van der Waals surface area contributed by atoms with E-state index in [2.05, 4.69) is 46.0 Å². The summed E-state index contributed by atoms with van der Waals surface area (Å²) in [6.07, 6.45) is 11.0. The van der Waals surface area contributed by atoms with E-state index in [1.807, 2.05) is 18.3 Å². The van der Waals surface area contributed by atoms with Crippen LogP contribution >= 0.6 is 0 Å². The molecular formula is C27H32N8O3. The minimum atomic E-state index is -0.555. The monoisotopic (exact) mass is 516 g/mol. The van der Waals surface area contributed by atoms with Crippen LogP contribution in [0.2, 0.25) is 0 Å². The number of rotatable bonds is 9. The normalized spacial score (nSPS) is 16.0. The third-order valence-electron chi connectivity index (χ3n) is 7.45. The van der Waals surface area contributed by atoms with Crippen molar-refractivity contribution in [2.24, 2.45) is 11.8 Å². The van der Waals surface area contributed by atoms with Crippen molar-refractivity contribution < 1.29 is 14.1 Å². The van der Waals surface area contributed by atoms with E-state index in [4.69, 9.17) is 20.0 Å². The van der Waals surface area contributed by atoms with Gasteiger partial charge in [0.15, 0.2) is 11.6 Å². The number of carbonyl (C=O) groups is 1. The van der Waals surface area contributed by atoms with Crippen molar-refractivity contribution in [2.75, 3.05) is 18.9 Å². The van der Waals surface area contributed by atoms with Gasteiger partial charge in [0.1, 0.15) is 0 Å². The lowest BCUT2D eigenvalue weighted by molar-refractivity contribution is -0.121. The molecule has 2 N–H and O–H groups in total. The highest BCUT2D eigenvalue weighted by atomic mass is 16.5. The average Bonchev–Trinajstić information content (AvgIpc) is 3.59. The molecule has 11 heteroatoms. The van der Waals surface area contributed by atoms with Gasteiger partial charge in [0, 0.05) is 50.0 Å². The Kier molecular flexibility index (Phi) is 7.28. The van der Waals surface area contributed by atoms with Crippen LogP contribution in [-0.4, -0.2) is 53.9 Å². The van der Waals surface area contributed by atoms with Crippen LogP contribution in [0.25, 0.3) is 22.7 Å². The number of nitrogen functional groups attached to an aromatic ring is 1. The molecule has 1 saturated heterocycles. The summed E-state index contributed by atoms with van der Waals surface area (Å²) in [5.74, 6) is 1.83. The molecule has 0 spiro atoms. The van der Waals surface area contributed by atoms with Gasteiger partial charge in [0.2, 0.25) is 5.95 Å². The van der Waals surface area contributed by atoms with Crippen LogP contribution in [0.4, 0.5) is 5.95 Å². The molecule has 0 bridgehead atoms. The minimum absolute atomic E-state index is 0.144. The van der Waals surface area contributed by atoms with Gasteiger partial charge in [0.05, 0.1) is 29.4 Å². The Morgan fingerprint density at radius 3 is 2.55 bits per heavy atom. The van der Waals surface area contributed by atoms with E-state index in [0.29, 0.717) is 29.6 Å². The summed E-state index contributed by atoms with van der Waals surface area (Å²) in [5.41, 5.74) is 8.19. The largest absolute Gasteiger partial charge is 0.381 e. The van der Waals surface area contributed by atoms with E-state index in [1.165, 1.54) is 0 Å².